The fraction of sp³-hybridized carbons (Fsp3) is 0.500. The maximum atomic E-state index is 5.33. The van der Waals surface area contributed by atoms with E-state index in [4.69, 9.17) is 18.0 Å². The molecule has 0 nitrogen and oxygen atoms in total. The minimum atomic E-state index is -0.248. The van der Waals surface area contributed by atoms with Gasteiger partial charge in [-0.25, -0.2) is 0 Å². The van der Waals surface area contributed by atoms with Gasteiger partial charge < -0.3 is 0 Å². The third-order valence-electron chi connectivity index (χ3n) is 0.645. The average molecular weight is 116 g/mol. The van der Waals surface area contributed by atoms with Gasteiger partial charge in [0, 0.05) is 5.41 Å². The number of rotatable bonds is 1. The highest BCUT2D eigenvalue weighted by Gasteiger charge is 2.10. The molecule has 0 bridgehead atoms. The quantitative estimate of drug-likeness (QED) is 0.459. The standard InChI is InChI=1S/C6H8Cl/c1-4-6(2,3)5-7/h1,5H,2-3H3. The molecule has 0 N–H and O–H groups in total. The van der Waals surface area contributed by atoms with Crippen molar-refractivity contribution in [2.24, 2.45) is 5.41 Å². The largest absolute Gasteiger partial charge is 0.120 e. The molecule has 1 radical (unpaired) electrons. The van der Waals surface area contributed by atoms with E-state index in [2.05, 4.69) is 5.92 Å². The summed E-state index contributed by atoms with van der Waals surface area (Å²) >= 11 is 5.33. The Morgan fingerprint density at radius 3 is 2.14 bits per heavy atom. The summed E-state index contributed by atoms with van der Waals surface area (Å²) in [5, 5.41) is 0. The molecule has 0 atom stereocenters. The van der Waals surface area contributed by atoms with Gasteiger partial charge in [0.1, 0.15) is 0 Å². The Kier molecular flexibility index (Phi) is 2.19. The van der Waals surface area contributed by atoms with Crippen LogP contribution in [0.25, 0.3) is 0 Å². The fourth-order valence-electron chi connectivity index (χ4n) is 0.0315. The van der Waals surface area contributed by atoms with Gasteiger partial charge in [-0.1, -0.05) is 5.92 Å². The van der Waals surface area contributed by atoms with Crippen LogP contribution in [0, 0.1) is 23.6 Å². The van der Waals surface area contributed by atoms with Gasteiger partial charge in [0.05, 0.1) is 5.88 Å². The molecule has 0 spiro atoms. The zero-order valence-electron chi connectivity index (χ0n) is 4.53. The summed E-state index contributed by atoms with van der Waals surface area (Å²) in [5.74, 6) is 3.98. The van der Waals surface area contributed by atoms with Crippen LogP contribution in [-0.2, 0) is 0 Å². The van der Waals surface area contributed by atoms with Gasteiger partial charge in [-0.3, -0.25) is 0 Å². The van der Waals surface area contributed by atoms with Crippen molar-refractivity contribution in [1.29, 1.82) is 0 Å². The molecule has 0 unspecified atom stereocenters. The summed E-state index contributed by atoms with van der Waals surface area (Å²) in [5.41, 5.74) is -0.248. The highest BCUT2D eigenvalue weighted by molar-refractivity contribution is 6.23. The van der Waals surface area contributed by atoms with Crippen LogP contribution in [0.5, 0.6) is 0 Å². The fourth-order valence-corrected chi connectivity index (χ4v) is 0.0945. The summed E-state index contributed by atoms with van der Waals surface area (Å²) in [4.78, 5) is 0. The topological polar surface area (TPSA) is 0 Å². The molecule has 7 heavy (non-hydrogen) atoms. The lowest BCUT2D eigenvalue weighted by Gasteiger charge is -2.09. The Labute approximate surface area is 49.9 Å². The molecule has 0 saturated heterocycles. The lowest BCUT2D eigenvalue weighted by atomic mass is 9.99. The molecule has 1 heteroatoms. The van der Waals surface area contributed by atoms with Crippen molar-refractivity contribution in [3.05, 3.63) is 5.88 Å². The maximum Gasteiger partial charge on any atom is 0.0674 e. The van der Waals surface area contributed by atoms with Crippen LogP contribution < -0.4 is 0 Å². The van der Waals surface area contributed by atoms with Crippen molar-refractivity contribution in [3.63, 3.8) is 0 Å². The van der Waals surface area contributed by atoms with E-state index < -0.39 is 0 Å². The van der Waals surface area contributed by atoms with Crippen LogP contribution in [0.4, 0.5) is 0 Å². The molecule has 0 heterocycles. The summed E-state index contributed by atoms with van der Waals surface area (Å²) in [6, 6.07) is 0. The van der Waals surface area contributed by atoms with Gasteiger partial charge in [-0.05, 0) is 13.8 Å². The molecular weight excluding hydrogens is 108 g/mol. The predicted octanol–water partition coefficient (Wildman–Crippen LogP) is 2.05. The smallest absolute Gasteiger partial charge is 0.0674 e. The van der Waals surface area contributed by atoms with Gasteiger partial charge in [-0.15, -0.1) is 18.0 Å². The van der Waals surface area contributed by atoms with Gasteiger partial charge in [0.15, 0.2) is 0 Å². The molecule has 0 aliphatic heterocycles. The molecule has 39 valence electrons. The van der Waals surface area contributed by atoms with Crippen LogP contribution in [0.3, 0.4) is 0 Å². The molecule has 0 amide bonds. The Morgan fingerprint density at radius 1 is 1.71 bits per heavy atom. The van der Waals surface area contributed by atoms with Crippen molar-refractivity contribution in [2.75, 3.05) is 0 Å². The molecule has 0 fully saturated rings. The number of terminal acetylenes is 1. The number of hydrogen-bond donors (Lipinski definition) is 0. The first-order valence-corrected chi connectivity index (χ1v) is 2.48. The van der Waals surface area contributed by atoms with Crippen LogP contribution in [-0.4, -0.2) is 0 Å². The predicted molar refractivity (Wildman–Crippen MR) is 32.8 cm³/mol. The zero-order chi connectivity index (χ0) is 5.91. The molecule has 0 aliphatic carbocycles. The van der Waals surface area contributed by atoms with Gasteiger partial charge in [-0.2, -0.15) is 0 Å². The summed E-state index contributed by atoms with van der Waals surface area (Å²) < 4.78 is 0. The van der Waals surface area contributed by atoms with Gasteiger partial charge in [0.2, 0.25) is 0 Å². The van der Waals surface area contributed by atoms with Crippen molar-refractivity contribution in [2.45, 2.75) is 13.8 Å². The summed E-state index contributed by atoms with van der Waals surface area (Å²) in [7, 11) is 0. The molecule has 0 aromatic rings. The van der Waals surface area contributed by atoms with Crippen molar-refractivity contribution < 1.29 is 0 Å². The third-order valence-corrected chi connectivity index (χ3v) is 1.19. The summed E-state index contributed by atoms with van der Waals surface area (Å²) in [6.45, 7) is 3.75. The van der Waals surface area contributed by atoms with Crippen molar-refractivity contribution in [3.8, 4) is 12.3 Å². The molecule has 0 rings (SSSR count). The number of halogens is 1. The zero-order valence-corrected chi connectivity index (χ0v) is 5.29. The second-order valence-corrected chi connectivity index (χ2v) is 2.19. The molecular formula is C6H8Cl. The Bertz CT molecular complexity index is 86.8. The lowest BCUT2D eigenvalue weighted by molar-refractivity contribution is 0.634. The molecule has 0 saturated carbocycles. The first-order valence-electron chi connectivity index (χ1n) is 2.05. The Morgan fingerprint density at radius 2 is 2.14 bits per heavy atom. The van der Waals surface area contributed by atoms with Gasteiger partial charge in [0.25, 0.3) is 0 Å². The van der Waals surface area contributed by atoms with E-state index in [9.17, 15) is 0 Å². The summed E-state index contributed by atoms with van der Waals surface area (Å²) in [6.07, 6.45) is 5.05. The van der Waals surface area contributed by atoms with Crippen molar-refractivity contribution >= 4 is 11.6 Å². The molecule has 0 aromatic carbocycles. The molecule has 0 aromatic heterocycles. The van der Waals surface area contributed by atoms with E-state index in [1.54, 1.807) is 0 Å². The molecule has 0 aliphatic rings. The second kappa shape index (κ2) is 2.23. The third kappa shape index (κ3) is 2.53. The van der Waals surface area contributed by atoms with E-state index in [-0.39, 0.29) is 5.41 Å². The lowest BCUT2D eigenvalue weighted by Crippen LogP contribution is -2.03. The maximum absolute atomic E-state index is 5.33. The van der Waals surface area contributed by atoms with E-state index in [1.165, 1.54) is 5.88 Å². The van der Waals surface area contributed by atoms with Gasteiger partial charge >= 0.3 is 0 Å². The van der Waals surface area contributed by atoms with Crippen LogP contribution in [0.15, 0.2) is 0 Å². The normalized spacial score (nSPS) is 10.6. The van der Waals surface area contributed by atoms with Crippen LogP contribution in [0.1, 0.15) is 13.8 Å². The van der Waals surface area contributed by atoms with E-state index >= 15 is 0 Å². The Hall–Kier alpha value is -0.150. The van der Waals surface area contributed by atoms with Crippen LogP contribution in [0.2, 0.25) is 0 Å². The SMILES string of the molecule is C#CC(C)(C)[CH]Cl. The van der Waals surface area contributed by atoms with E-state index in [1.807, 2.05) is 13.8 Å². The van der Waals surface area contributed by atoms with E-state index in [0.29, 0.717) is 0 Å². The first kappa shape index (κ1) is 6.85. The van der Waals surface area contributed by atoms with Crippen molar-refractivity contribution in [1.82, 2.24) is 0 Å². The second-order valence-electron chi connectivity index (χ2n) is 1.98. The minimum Gasteiger partial charge on any atom is -0.120 e. The minimum absolute atomic E-state index is 0.248. The van der Waals surface area contributed by atoms with Crippen LogP contribution >= 0.6 is 11.6 Å². The highest BCUT2D eigenvalue weighted by atomic mass is 35.5. The Balaban J connectivity index is 3.66. The number of hydrogen-bond acceptors (Lipinski definition) is 0. The first-order chi connectivity index (χ1) is 3.12. The average Bonchev–Trinajstić information content (AvgIpc) is 1.68. The van der Waals surface area contributed by atoms with E-state index in [0.717, 1.165) is 0 Å². The highest BCUT2D eigenvalue weighted by Crippen LogP contribution is 2.18. The monoisotopic (exact) mass is 115 g/mol.